The molecule has 4 nitrogen and oxygen atoms in total. The zero-order valence-electron chi connectivity index (χ0n) is 12.3. The highest BCUT2D eigenvalue weighted by molar-refractivity contribution is 7.22. The van der Waals surface area contributed by atoms with Crippen LogP contribution in [0.4, 0.5) is 18.3 Å². The molecule has 1 aliphatic heterocycles. The maximum absolute atomic E-state index is 12.4. The highest BCUT2D eigenvalue weighted by Crippen LogP contribution is 2.27. The average Bonchev–Trinajstić information content (AvgIpc) is 2.88. The number of nitrogens with one attached hydrogen (secondary N) is 1. The number of piperidine rings is 1. The fraction of sp³-hybridized carbons (Fsp3) is 0.467. The Morgan fingerprint density at radius 1 is 1.30 bits per heavy atom. The van der Waals surface area contributed by atoms with Crippen molar-refractivity contribution in [2.75, 3.05) is 25.0 Å². The van der Waals surface area contributed by atoms with Gasteiger partial charge in [0.25, 0.3) is 0 Å². The maximum Gasteiger partial charge on any atom is 0.401 e. The lowest BCUT2D eigenvalue weighted by Crippen LogP contribution is -2.42. The van der Waals surface area contributed by atoms with Crippen LogP contribution in [-0.2, 0) is 4.79 Å². The average molecular weight is 343 g/mol. The zero-order valence-corrected chi connectivity index (χ0v) is 13.1. The van der Waals surface area contributed by atoms with Crippen molar-refractivity contribution >= 4 is 32.6 Å². The molecule has 0 radical (unpaired) electrons. The number of amides is 1. The van der Waals surface area contributed by atoms with Gasteiger partial charge in [-0.25, -0.2) is 4.98 Å². The van der Waals surface area contributed by atoms with Gasteiger partial charge in [0.15, 0.2) is 5.13 Å². The Hall–Kier alpha value is -1.67. The number of para-hydroxylation sites is 1. The van der Waals surface area contributed by atoms with Crippen LogP contribution in [0.2, 0.25) is 0 Å². The van der Waals surface area contributed by atoms with Crippen LogP contribution in [0.15, 0.2) is 24.3 Å². The molecule has 0 atom stereocenters. The van der Waals surface area contributed by atoms with Crippen LogP contribution < -0.4 is 5.32 Å². The molecule has 1 aromatic heterocycles. The summed E-state index contributed by atoms with van der Waals surface area (Å²) < 4.78 is 38.1. The number of anilines is 1. The number of aromatic nitrogens is 1. The summed E-state index contributed by atoms with van der Waals surface area (Å²) >= 11 is 1.40. The molecule has 23 heavy (non-hydrogen) atoms. The van der Waals surface area contributed by atoms with Gasteiger partial charge in [0.2, 0.25) is 5.91 Å². The Balaban J connectivity index is 1.55. The third-order valence-corrected chi connectivity index (χ3v) is 4.84. The minimum atomic E-state index is -4.18. The van der Waals surface area contributed by atoms with Crippen molar-refractivity contribution in [2.45, 2.75) is 19.0 Å². The molecule has 1 amide bonds. The summed E-state index contributed by atoms with van der Waals surface area (Å²) in [5.74, 6) is -0.415. The molecule has 1 aliphatic rings. The van der Waals surface area contributed by atoms with Gasteiger partial charge in [-0.05, 0) is 38.1 Å². The van der Waals surface area contributed by atoms with E-state index >= 15 is 0 Å². The highest BCUT2D eigenvalue weighted by atomic mass is 32.1. The molecule has 0 bridgehead atoms. The van der Waals surface area contributed by atoms with E-state index in [1.54, 1.807) is 0 Å². The van der Waals surface area contributed by atoms with Gasteiger partial charge in [-0.2, -0.15) is 13.2 Å². The summed E-state index contributed by atoms with van der Waals surface area (Å²) in [5, 5.41) is 3.33. The fourth-order valence-electron chi connectivity index (χ4n) is 2.74. The Labute approximate surface area is 135 Å². The smallest absolute Gasteiger partial charge is 0.302 e. The molecule has 124 valence electrons. The minimum Gasteiger partial charge on any atom is -0.302 e. The second-order valence-electron chi connectivity index (χ2n) is 5.64. The standard InChI is InChI=1S/C15H16F3N3OS/c16-15(17,18)9-21-7-5-10(6-8-21)13(22)20-14-19-11-3-1-2-4-12(11)23-14/h1-4,10H,5-9H2,(H,19,20,22). The molecule has 1 N–H and O–H groups in total. The predicted molar refractivity (Wildman–Crippen MR) is 83.5 cm³/mol. The van der Waals surface area contributed by atoms with E-state index in [4.69, 9.17) is 0 Å². The first-order valence-electron chi connectivity index (χ1n) is 7.36. The lowest BCUT2D eigenvalue weighted by molar-refractivity contribution is -0.149. The maximum atomic E-state index is 12.4. The van der Waals surface area contributed by atoms with Crippen molar-refractivity contribution in [3.63, 3.8) is 0 Å². The first-order valence-corrected chi connectivity index (χ1v) is 8.18. The third kappa shape index (κ3) is 4.20. The Morgan fingerprint density at radius 3 is 2.65 bits per heavy atom. The molecule has 1 saturated heterocycles. The molecule has 1 fully saturated rings. The van der Waals surface area contributed by atoms with E-state index < -0.39 is 12.7 Å². The molecular formula is C15H16F3N3OS. The zero-order chi connectivity index (χ0) is 16.4. The highest BCUT2D eigenvalue weighted by Gasteiger charge is 2.34. The molecule has 2 aromatic rings. The summed E-state index contributed by atoms with van der Waals surface area (Å²) in [6.45, 7) is -0.325. The topological polar surface area (TPSA) is 45.2 Å². The van der Waals surface area contributed by atoms with Gasteiger partial charge in [0.1, 0.15) is 0 Å². The van der Waals surface area contributed by atoms with Crippen LogP contribution in [-0.4, -0.2) is 41.6 Å². The van der Waals surface area contributed by atoms with E-state index in [1.807, 2.05) is 24.3 Å². The Kier molecular flexibility index (Phi) is 4.54. The number of carbonyl (C=O) groups excluding carboxylic acids is 1. The van der Waals surface area contributed by atoms with Crippen LogP contribution in [0.5, 0.6) is 0 Å². The molecule has 2 heterocycles. The summed E-state index contributed by atoms with van der Waals surface area (Å²) in [6.07, 6.45) is -3.31. The van der Waals surface area contributed by atoms with Crippen LogP contribution in [0.1, 0.15) is 12.8 Å². The molecule has 1 aromatic carbocycles. The van der Waals surface area contributed by atoms with Gasteiger partial charge < -0.3 is 5.32 Å². The van der Waals surface area contributed by atoms with E-state index in [1.165, 1.54) is 16.2 Å². The Morgan fingerprint density at radius 2 is 2.00 bits per heavy atom. The van der Waals surface area contributed by atoms with Crippen molar-refractivity contribution in [3.05, 3.63) is 24.3 Å². The number of hydrogen-bond acceptors (Lipinski definition) is 4. The summed E-state index contributed by atoms with van der Waals surface area (Å²) in [7, 11) is 0. The number of likely N-dealkylation sites (tertiary alicyclic amines) is 1. The largest absolute Gasteiger partial charge is 0.401 e. The van der Waals surface area contributed by atoms with Gasteiger partial charge >= 0.3 is 6.18 Å². The van der Waals surface area contributed by atoms with E-state index in [0.717, 1.165) is 10.2 Å². The van der Waals surface area contributed by atoms with E-state index in [9.17, 15) is 18.0 Å². The van der Waals surface area contributed by atoms with E-state index in [0.29, 0.717) is 18.0 Å². The van der Waals surface area contributed by atoms with Gasteiger partial charge in [-0.15, -0.1) is 0 Å². The van der Waals surface area contributed by atoms with Crippen molar-refractivity contribution in [2.24, 2.45) is 5.92 Å². The number of carbonyl (C=O) groups is 1. The van der Waals surface area contributed by atoms with Gasteiger partial charge in [0.05, 0.1) is 16.8 Å². The van der Waals surface area contributed by atoms with Crippen LogP contribution >= 0.6 is 11.3 Å². The molecule has 0 saturated carbocycles. The molecule has 0 aliphatic carbocycles. The molecule has 8 heteroatoms. The van der Waals surface area contributed by atoms with Gasteiger partial charge in [-0.3, -0.25) is 9.69 Å². The second-order valence-corrected chi connectivity index (χ2v) is 6.67. The SMILES string of the molecule is O=C(Nc1nc2ccccc2s1)C1CCN(CC(F)(F)F)CC1. The summed E-state index contributed by atoms with van der Waals surface area (Å²) in [5.41, 5.74) is 0.827. The van der Waals surface area contributed by atoms with Gasteiger partial charge in [-0.1, -0.05) is 23.5 Å². The summed E-state index contributed by atoms with van der Waals surface area (Å²) in [6, 6.07) is 7.59. The molecule has 0 spiro atoms. The monoisotopic (exact) mass is 343 g/mol. The van der Waals surface area contributed by atoms with E-state index in [-0.39, 0.29) is 24.9 Å². The first kappa shape index (κ1) is 16.2. The predicted octanol–water partition coefficient (Wildman–Crippen LogP) is 3.51. The normalized spacial score (nSPS) is 17.5. The lowest BCUT2D eigenvalue weighted by atomic mass is 9.96. The first-order chi connectivity index (χ1) is 10.9. The van der Waals surface area contributed by atoms with Crippen molar-refractivity contribution in [3.8, 4) is 0 Å². The van der Waals surface area contributed by atoms with Crippen LogP contribution in [0.3, 0.4) is 0 Å². The Bertz CT molecular complexity index is 660. The van der Waals surface area contributed by atoms with Crippen molar-refractivity contribution in [1.82, 2.24) is 9.88 Å². The molecule has 0 unspecified atom stereocenters. The van der Waals surface area contributed by atoms with E-state index in [2.05, 4.69) is 10.3 Å². The van der Waals surface area contributed by atoms with Crippen molar-refractivity contribution in [1.29, 1.82) is 0 Å². The number of hydrogen-bond donors (Lipinski definition) is 1. The van der Waals surface area contributed by atoms with Crippen LogP contribution in [0, 0.1) is 5.92 Å². The molecular weight excluding hydrogens is 327 g/mol. The number of nitrogens with zero attached hydrogens (tertiary/aromatic N) is 2. The number of benzene rings is 1. The number of rotatable bonds is 3. The van der Waals surface area contributed by atoms with Gasteiger partial charge in [0, 0.05) is 5.92 Å². The number of halogens is 3. The minimum absolute atomic E-state index is 0.157. The molecule has 3 rings (SSSR count). The quantitative estimate of drug-likeness (QED) is 0.928. The number of thiazole rings is 1. The fourth-order valence-corrected chi connectivity index (χ4v) is 3.61. The van der Waals surface area contributed by atoms with Crippen molar-refractivity contribution < 1.29 is 18.0 Å². The number of fused-ring (bicyclic) bond motifs is 1. The second kappa shape index (κ2) is 6.45. The third-order valence-electron chi connectivity index (χ3n) is 3.89. The lowest BCUT2D eigenvalue weighted by Gasteiger charge is -2.31. The van der Waals surface area contributed by atoms with Crippen LogP contribution in [0.25, 0.3) is 10.2 Å². The number of alkyl halides is 3. The summed E-state index contributed by atoms with van der Waals surface area (Å²) in [4.78, 5) is 17.9.